The SMILES string of the molecule is CC(C)(C)CC(=O)CCOC1CNC1. The summed E-state index contributed by atoms with van der Waals surface area (Å²) >= 11 is 0. The van der Waals surface area contributed by atoms with Crippen LogP contribution in [-0.2, 0) is 9.53 Å². The van der Waals surface area contributed by atoms with E-state index in [1.165, 1.54) is 0 Å². The lowest BCUT2D eigenvalue weighted by molar-refractivity contribution is -0.122. The van der Waals surface area contributed by atoms with E-state index in [2.05, 4.69) is 26.1 Å². The number of Topliss-reactive ketones (excluding diaryl/α,β-unsaturated/α-hetero) is 1. The van der Waals surface area contributed by atoms with E-state index in [9.17, 15) is 4.79 Å². The zero-order valence-corrected chi connectivity index (χ0v) is 9.43. The Morgan fingerprint density at radius 1 is 1.43 bits per heavy atom. The molecule has 1 aliphatic heterocycles. The van der Waals surface area contributed by atoms with Gasteiger partial charge in [0.2, 0.25) is 0 Å². The third-order valence-corrected chi connectivity index (χ3v) is 2.21. The topological polar surface area (TPSA) is 38.3 Å². The Hall–Kier alpha value is -0.410. The molecule has 0 aromatic rings. The van der Waals surface area contributed by atoms with Crippen LogP contribution in [0.5, 0.6) is 0 Å². The lowest BCUT2D eigenvalue weighted by atomic mass is 9.89. The van der Waals surface area contributed by atoms with Gasteiger partial charge in [0.1, 0.15) is 5.78 Å². The molecule has 0 aromatic carbocycles. The molecular formula is C11H21NO2. The van der Waals surface area contributed by atoms with Gasteiger partial charge in [0.15, 0.2) is 0 Å². The zero-order chi connectivity index (χ0) is 10.6. The molecule has 0 aromatic heterocycles. The molecule has 1 aliphatic rings. The minimum atomic E-state index is 0.106. The predicted octanol–water partition coefficient (Wildman–Crippen LogP) is 1.37. The minimum Gasteiger partial charge on any atom is -0.375 e. The van der Waals surface area contributed by atoms with Crippen molar-refractivity contribution < 1.29 is 9.53 Å². The van der Waals surface area contributed by atoms with Crippen molar-refractivity contribution in [2.45, 2.75) is 39.7 Å². The molecule has 0 spiro atoms. The molecule has 1 fully saturated rings. The molecule has 1 N–H and O–H groups in total. The van der Waals surface area contributed by atoms with E-state index in [0.29, 0.717) is 31.3 Å². The molecule has 0 bridgehead atoms. The molecule has 0 amide bonds. The van der Waals surface area contributed by atoms with Crippen molar-refractivity contribution >= 4 is 5.78 Å². The fraction of sp³-hybridized carbons (Fsp3) is 0.909. The van der Waals surface area contributed by atoms with Gasteiger partial charge in [0.05, 0.1) is 12.7 Å². The Morgan fingerprint density at radius 3 is 2.50 bits per heavy atom. The van der Waals surface area contributed by atoms with Crippen LogP contribution >= 0.6 is 0 Å². The number of ether oxygens (including phenoxy) is 1. The molecule has 3 heteroatoms. The van der Waals surface area contributed by atoms with Crippen molar-refractivity contribution in [3.8, 4) is 0 Å². The monoisotopic (exact) mass is 199 g/mol. The third kappa shape index (κ3) is 4.72. The highest BCUT2D eigenvalue weighted by atomic mass is 16.5. The summed E-state index contributed by atoms with van der Waals surface area (Å²) in [6, 6.07) is 0. The Balaban J connectivity index is 2.02. The second-order valence-corrected chi connectivity index (χ2v) is 5.18. The van der Waals surface area contributed by atoms with Crippen LogP contribution in [0.15, 0.2) is 0 Å². The van der Waals surface area contributed by atoms with Crippen LogP contribution in [0.3, 0.4) is 0 Å². The Kier molecular flexibility index (Phi) is 4.08. The van der Waals surface area contributed by atoms with Crippen molar-refractivity contribution in [1.29, 1.82) is 0 Å². The first kappa shape index (κ1) is 11.7. The number of carbonyl (C=O) groups is 1. The van der Waals surface area contributed by atoms with Crippen molar-refractivity contribution in [2.75, 3.05) is 19.7 Å². The molecule has 3 nitrogen and oxygen atoms in total. The highest BCUT2D eigenvalue weighted by Crippen LogP contribution is 2.19. The number of hydrogen-bond donors (Lipinski definition) is 1. The van der Waals surface area contributed by atoms with E-state index < -0.39 is 0 Å². The highest BCUT2D eigenvalue weighted by molar-refractivity contribution is 5.79. The lowest BCUT2D eigenvalue weighted by Gasteiger charge is -2.27. The van der Waals surface area contributed by atoms with Crippen LogP contribution in [-0.4, -0.2) is 31.6 Å². The van der Waals surface area contributed by atoms with Gasteiger partial charge in [0.25, 0.3) is 0 Å². The highest BCUT2D eigenvalue weighted by Gasteiger charge is 2.19. The van der Waals surface area contributed by atoms with Crippen LogP contribution < -0.4 is 5.32 Å². The Bertz CT molecular complexity index is 192. The summed E-state index contributed by atoms with van der Waals surface area (Å²) in [5, 5.41) is 3.13. The first-order chi connectivity index (χ1) is 6.47. The Morgan fingerprint density at radius 2 is 2.07 bits per heavy atom. The maximum Gasteiger partial charge on any atom is 0.135 e. The van der Waals surface area contributed by atoms with Crippen molar-refractivity contribution in [2.24, 2.45) is 5.41 Å². The van der Waals surface area contributed by atoms with Gasteiger partial charge in [-0.1, -0.05) is 20.8 Å². The minimum absolute atomic E-state index is 0.106. The molecular weight excluding hydrogens is 178 g/mol. The quantitative estimate of drug-likeness (QED) is 0.726. The van der Waals surface area contributed by atoms with E-state index >= 15 is 0 Å². The zero-order valence-electron chi connectivity index (χ0n) is 9.43. The van der Waals surface area contributed by atoms with Gasteiger partial charge in [-0.2, -0.15) is 0 Å². The summed E-state index contributed by atoms with van der Waals surface area (Å²) in [5.41, 5.74) is 0.106. The number of carbonyl (C=O) groups excluding carboxylic acids is 1. The van der Waals surface area contributed by atoms with Crippen LogP contribution in [0.2, 0.25) is 0 Å². The number of ketones is 1. The maximum absolute atomic E-state index is 11.5. The smallest absolute Gasteiger partial charge is 0.135 e. The summed E-state index contributed by atoms with van der Waals surface area (Å²) < 4.78 is 5.48. The molecule has 0 radical (unpaired) electrons. The molecule has 82 valence electrons. The van der Waals surface area contributed by atoms with Gasteiger partial charge in [-0.05, 0) is 5.41 Å². The van der Waals surface area contributed by atoms with Gasteiger partial charge in [-0.3, -0.25) is 4.79 Å². The summed E-state index contributed by atoms with van der Waals surface area (Å²) in [5.74, 6) is 0.310. The molecule has 0 aliphatic carbocycles. The third-order valence-electron chi connectivity index (χ3n) is 2.21. The molecule has 0 atom stereocenters. The maximum atomic E-state index is 11.5. The van der Waals surface area contributed by atoms with E-state index in [0.717, 1.165) is 13.1 Å². The van der Waals surface area contributed by atoms with Crippen LogP contribution in [0.25, 0.3) is 0 Å². The van der Waals surface area contributed by atoms with E-state index in [1.807, 2.05) is 0 Å². The van der Waals surface area contributed by atoms with Gasteiger partial charge < -0.3 is 10.1 Å². The van der Waals surface area contributed by atoms with Crippen LogP contribution in [0.1, 0.15) is 33.6 Å². The van der Waals surface area contributed by atoms with Crippen LogP contribution in [0, 0.1) is 5.41 Å². The average Bonchev–Trinajstić information content (AvgIpc) is 1.90. The summed E-state index contributed by atoms with van der Waals surface area (Å²) in [6.45, 7) is 8.72. The summed E-state index contributed by atoms with van der Waals surface area (Å²) in [6.07, 6.45) is 1.56. The van der Waals surface area contributed by atoms with Crippen LogP contribution in [0.4, 0.5) is 0 Å². The number of nitrogens with one attached hydrogen (secondary N) is 1. The van der Waals surface area contributed by atoms with Crippen molar-refractivity contribution in [1.82, 2.24) is 5.32 Å². The second kappa shape index (κ2) is 4.89. The van der Waals surface area contributed by atoms with Crippen molar-refractivity contribution in [3.63, 3.8) is 0 Å². The second-order valence-electron chi connectivity index (χ2n) is 5.18. The average molecular weight is 199 g/mol. The Labute approximate surface area is 86.2 Å². The summed E-state index contributed by atoms with van der Waals surface area (Å²) in [4.78, 5) is 11.5. The number of rotatable bonds is 5. The number of hydrogen-bond acceptors (Lipinski definition) is 3. The van der Waals surface area contributed by atoms with Gasteiger partial charge in [-0.15, -0.1) is 0 Å². The predicted molar refractivity (Wildman–Crippen MR) is 56.3 cm³/mol. The first-order valence-electron chi connectivity index (χ1n) is 5.31. The molecule has 1 saturated heterocycles. The lowest BCUT2D eigenvalue weighted by Crippen LogP contribution is -2.48. The molecule has 14 heavy (non-hydrogen) atoms. The van der Waals surface area contributed by atoms with E-state index in [-0.39, 0.29) is 5.41 Å². The molecule has 0 saturated carbocycles. The first-order valence-corrected chi connectivity index (χ1v) is 5.31. The molecule has 0 unspecified atom stereocenters. The largest absolute Gasteiger partial charge is 0.375 e. The fourth-order valence-electron chi connectivity index (χ4n) is 1.40. The summed E-state index contributed by atoms with van der Waals surface area (Å²) in [7, 11) is 0. The molecule has 1 heterocycles. The van der Waals surface area contributed by atoms with E-state index in [1.54, 1.807) is 0 Å². The van der Waals surface area contributed by atoms with Gasteiger partial charge in [0, 0.05) is 25.9 Å². The molecule has 1 rings (SSSR count). The van der Waals surface area contributed by atoms with E-state index in [4.69, 9.17) is 4.74 Å². The normalized spacial score (nSPS) is 17.9. The fourth-order valence-corrected chi connectivity index (χ4v) is 1.40. The van der Waals surface area contributed by atoms with Gasteiger partial charge in [-0.25, -0.2) is 0 Å². The van der Waals surface area contributed by atoms with Crippen molar-refractivity contribution in [3.05, 3.63) is 0 Å². The van der Waals surface area contributed by atoms with Gasteiger partial charge >= 0.3 is 0 Å². The standard InChI is InChI=1S/C11H21NO2/c1-11(2,3)6-9(13)4-5-14-10-7-12-8-10/h10,12H,4-8H2,1-3H3.